The van der Waals surface area contributed by atoms with Crippen LogP contribution in [0.1, 0.15) is 11.1 Å². The molecule has 1 N–H and O–H groups in total. The summed E-state index contributed by atoms with van der Waals surface area (Å²) in [6.07, 6.45) is 0. The molecule has 0 aliphatic heterocycles. The molecule has 0 fully saturated rings. The minimum Gasteiger partial charge on any atom is -0.235 e. The lowest BCUT2D eigenvalue weighted by Crippen LogP contribution is -1.71. The first-order valence-electron chi connectivity index (χ1n) is 3.03. The SMILES string of the molecule is Cc1cccc(C)c1.N=S. The molecule has 1 rings (SSSR count). The Bertz CT molecular complexity index is 181. The molecule has 0 aliphatic rings. The first kappa shape index (κ1) is 9.24. The Morgan fingerprint density at radius 2 is 1.50 bits per heavy atom. The summed E-state index contributed by atoms with van der Waals surface area (Å²) in [5.41, 5.74) is 2.68. The molecule has 0 atom stereocenters. The van der Waals surface area contributed by atoms with Gasteiger partial charge in [0, 0.05) is 12.4 Å². The number of aryl methyl sites for hydroxylation is 2. The summed E-state index contributed by atoms with van der Waals surface area (Å²) < 4.78 is 5.33. The van der Waals surface area contributed by atoms with E-state index in [1.54, 1.807) is 0 Å². The highest BCUT2D eigenvalue weighted by Gasteiger charge is 1.80. The normalized spacial score (nSPS) is 7.80. The lowest BCUT2D eigenvalue weighted by atomic mass is 10.2. The first-order valence-corrected chi connectivity index (χ1v) is 3.43. The van der Waals surface area contributed by atoms with Crippen molar-refractivity contribution in [2.75, 3.05) is 0 Å². The molecule has 0 radical (unpaired) electrons. The lowest BCUT2D eigenvalue weighted by Gasteiger charge is -1.90. The maximum atomic E-state index is 5.33. The van der Waals surface area contributed by atoms with Crippen LogP contribution in [-0.2, 0) is 12.4 Å². The minimum absolute atomic E-state index is 1.34. The second kappa shape index (κ2) is 5.06. The molecule has 0 saturated carbocycles. The molecular weight excluding hydrogens is 142 g/mol. The Hall–Kier alpha value is -0.760. The molecule has 2 heteroatoms. The predicted octanol–water partition coefficient (Wildman–Crippen LogP) is 2.60. The van der Waals surface area contributed by atoms with Crippen molar-refractivity contribution >= 4 is 12.4 Å². The Morgan fingerprint density at radius 3 is 1.70 bits per heavy atom. The molecular formula is C8H11NS. The quantitative estimate of drug-likeness (QED) is 0.608. The highest BCUT2D eigenvalue weighted by atomic mass is 32.1. The molecule has 54 valence electrons. The first-order chi connectivity index (χ1) is 4.79. The van der Waals surface area contributed by atoms with E-state index in [1.807, 2.05) is 0 Å². The van der Waals surface area contributed by atoms with Gasteiger partial charge in [0.1, 0.15) is 0 Å². The number of rotatable bonds is 0. The van der Waals surface area contributed by atoms with Gasteiger partial charge in [0.15, 0.2) is 0 Å². The Morgan fingerprint density at radius 1 is 1.10 bits per heavy atom. The molecule has 0 heterocycles. The molecule has 0 aliphatic carbocycles. The van der Waals surface area contributed by atoms with Crippen molar-refractivity contribution in [1.82, 2.24) is 0 Å². The lowest BCUT2D eigenvalue weighted by molar-refractivity contribution is 1.39. The smallest absolute Gasteiger partial charge is 0.0324 e. The molecule has 1 aromatic carbocycles. The topological polar surface area (TPSA) is 23.9 Å². The van der Waals surface area contributed by atoms with Crippen LogP contribution < -0.4 is 0 Å². The van der Waals surface area contributed by atoms with Crippen molar-refractivity contribution in [3.63, 3.8) is 0 Å². The Kier molecular flexibility index (Phi) is 4.67. The van der Waals surface area contributed by atoms with Gasteiger partial charge >= 0.3 is 0 Å². The zero-order valence-corrected chi connectivity index (χ0v) is 7.03. The fraction of sp³-hybridized carbons (Fsp3) is 0.250. The third kappa shape index (κ3) is 3.30. The summed E-state index contributed by atoms with van der Waals surface area (Å²) in [4.78, 5) is 0. The highest BCUT2D eigenvalue weighted by Crippen LogP contribution is 2.00. The minimum atomic E-state index is 1.34. The highest BCUT2D eigenvalue weighted by molar-refractivity contribution is 7.45. The van der Waals surface area contributed by atoms with Crippen LogP contribution in [0.15, 0.2) is 24.3 Å². The van der Waals surface area contributed by atoms with Crippen LogP contribution in [-0.4, -0.2) is 0 Å². The molecule has 0 aromatic heterocycles. The number of hydrogen-bond donors (Lipinski definition) is 1. The van der Waals surface area contributed by atoms with Crippen molar-refractivity contribution in [3.05, 3.63) is 35.4 Å². The monoisotopic (exact) mass is 153 g/mol. The molecule has 0 spiro atoms. The molecule has 0 saturated heterocycles. The largest absolute Gasteiger partial charge is 0.235 e. The van der Waals surface area contributed by atoms with Gasteiger partial charge in [-0.15, -0.1) is 0 Å². The van der Waals surface area contributed by atoms with Gasteiger partial charge in [0.25, 0.3) is 0 Å². The van der Waals surface area contributed by atoms with Gasteiger partial charge in [-0.05, 0) is 13.8 Å². The number of nitrogens with one attached hydrogen (secondary N) is 1. The zero-order chi connectivity index (χ0) is 7.98. The molecule has 1 nitrogen and oxygen atoms in total. The van der Waals surface area contributed by atoms with Gasteiger partial charge in [-0.1, -0.05) is 35.4 Å². The summed E-state index contributed by atoms with van der Waals surface area (Å²) in [5, 5.41) is 0. The van der Waals surface area contributed by atoms with Crippen LogP contribution in [0.3, 0.4) is 0 Å². The van der Waals surface area contributed by atoms with Crippen LogP contribution in [0.2, 0.25) is 0 Å². The average Bonchev–Trinajstić information content (AvgIpc) is 1.91. The van der Waals surface area contributed by atoms with Crippen LogP contribution in [0.4, 0.5) is 0 Å². The van der Waals surface area contributed by atoms with Crippen LogP contribution in [0.5, 0.6) is 0 Å². The van der Waals surface area contributed by atoms with Gasteiger partial charge < -0.3 is 0 Å². The van der Waals surface area contributed by atoms with E-state index in [9.17, 15) is 0 Å². The molecule has 0 unspecified atom stereocenters. The maximum Gasteiger partial charge on any atom is 0.0324 e. The van der Waals surface area contributed by atoms with Crippen molar-refractivity contribution in [1.29, 1.82) is 4.78 Å². The summed E-state index contributed by atoms with van der Waals surface area (Å²) >= 11 is 3.33. The van der Waals surface area contributed by atoms with Crippen molar-refractivity contribution in [3.8, 4) is 0 Å². The Labute approximate surface area is 67.0 Å². The van der Waals surface area contributed by atoms with Crippen LogP contribution >= 0.6 is 0 Å². The zero-order valence-electron chi connectivity index (χ0n) is 6.22. The van der Waals surface area contributed by atoms with E-state index >= 15 is 0 Å². The van der Waals surface area contributed by atoms with E-state index in [4.69, 9.17) is 4.78 Å². The molecule has 1 aromatic rings. The third-order valence-electron chi connectivity index (χ3n) is 1.17. The van der Waals surface area contributed by atoms with E-state index in [0.717, 1.165) is 0 Å². The van der Waals surface area contributed by atoms with Gasteiger partial charge in [-0.25, -0.2) is 4.78 Å². The third-order valence-corrected chi connectivity index (χ3v) is 1.17. The van der Waals surface area contributed by atoms with Crippen molar-refractivity contribution in [2.24, 2.45) is 0 Å². The molecule has 0 bridgehead atoms. The molecule has 10 heavy (non-hydrogen) atoms. The summed E-state index contributed by atoms with van der Waals surface area (Å²) in [7, 11) is 0. The average molecular weight is 153 g/mol. The van der Waals surface area contributed by atoms with E-state index in [1.165, 1.54) is 11.1 Å². The van der Waals surface area contributed by atoms with Crippen LogP contribution in [0.25, 0.3) is 0 Å². The van der Waals surface area contributed by atoms with Gasteiger partial charge in [-0.2, -0.15) is 0 Å². The fourth-order valence-corrected chi connectivity index (χ4v) is 0.807. The van der Waals surface area contributed by atoms with Gasteiger partial charge in [0.2, 0.25) is 0 Å². The maximum absolute atomic E-state index is 5.33. The predicted molar refractivity (Wildman–Crippen MR) is 46.0 cm³/mol. The second-order valence-corrected chi connectivity index (χ2v) is 2.16. The summed E-state index contributed by atoms with van der Waals surface area (Å²) in [6, 6.07) is 8.45. The standard InChI is InChI=1S/C8H10.HNS/c1-7-4-3-5-8(2)6-7;1-2/h3-6H,1-2H3;1H. The molecule has 0 amide bonds. The van der Waals surface area contributed by atoms with Crippen molar-refractivity contribution < 1.29 is 0 Å². The van der Waals surface area contributed by atoms with Crippen molar-refractivity contribution in [2.45, 2.75) is 13.8 Å². The summed E-state index contributed by atoms with van der Waals surface area (Å²) in [6.45, 7) is 4.21. The fourth-order valence-electron chi connectivity index (χ4n) is 0.807. The van der Waals surface area contributed by atoms with Gasteiger partial charge in [0.05, 0.1) is 0 Å². The van der Waals surface area contributed by atoms with Crippen LogP contribution in [0, 0.1) is 18.6 Å². The number of benzene rings is 1. The van der Waals surface area contributed by atoms with E-state index in [2.05, 4.69) is 50.5 Å². The van der Waals surface area contributed by atoms with E-state index in [-0.39, 0.29) is 0 Å². The Balaban J connectivity index is 0.000000371. The number of hydrogen-bond acceptors (Lipinski definition) is 2. The van der Waals surface area contributed by atoms with E-state index in [0.29, 0.717) is 0 Å². The van der Waals surface area contributed by atoms with Gasteiger partial charge in [-0.3, -0.25) is 0 Å². The van der Waals surface area contributed by atoms with E-state index < -0.39 is 0 Å². The second-order valence-electron chi connectivity index (χ2n) is 2.16. The summed E-state index contributed by atoms with van der Waals surface area (Å²) in [5.74, 6) is 0.